The number of fused-ring (bicyclic) bond motifs is 1. The first-order chi connectivity index (χ1) is 14.5. The van der Waals surface area contributed by atoms with E-state index in [9.17, 15) is 22.8 Å². The van der Waals surface area contributed by atoms with Gasteiger partial charge >= 0.3 is 5.97 Å². The second-order valence-corrected chi connectivity index (χ2v) is 7.28. The van der Waals surface area contributed by atoms with E-state index < -0.39 is 29.4 Å². The van der Waals surface area contributed by atoms with Gasteiger partial charge in [-0.05, 0) is 53.9 Å². The zero-order chi connectivity index (χ0) is 21.3. The summed E-state index contributed by atoms with van der Waals surface area (Å²) in [7, 11) is 0. The number of H-pyrrole nitrogens is 1. The lowest BCUT2D eigenvalue weighted by Gasteiger charge is -2.15. The molecule has 1 fully saturated rings. The number of carbonyl (C=O) groups is 2. The quantitative estimate of drug-likeness (QED) is 0.457. The van der Waals surface area contributed by atoms with E-state index >= 15 is 0 Å². The number of benzene rings is 2. The van der Waals surface area contributed by atoms with Crippen molar-refractivity contribution in [1.29, 1.82) is 0 Å². The fourth-order valence-electron chi connectivity index (χ4n) is 3.77. The molecular weight excluding hydrogens is 397 g/mol. The number of cyclic esters (lactones) is 1. The van der Waals surface area contributed by atoms with E-state index in [1.807, 2.05) is 0 Å². The van der Waals surface area contributed by atoms with Gasteiger partial charge in [0.25, 0.3) is 0 Å². The van der Waals surface area contributed by atoms with Crippen LogP contribution in [0.1, 0.15) is 12.0 Å². The number of aromatic amines is 1. The number of carbonyl (C=O) groups excluding carboxylic acids is 2. The van der Waals surface area contributed by atoms with Crippen molar-refractivity contribution in [2.24, 2.45) is 5.92 Å². The summed E-state index contributed by atoms with van der Waals surface area (Å²) in [5.41, 5.74) is 1.36. The largest absolute Gasteiger partial charge is 0.464 e. The van der Waals surface area contributed by atoms with Gasteiger partial charge in [-0.2, -0.15) is 0 Å². The van der Waals surface area contributed by atoms with Gasteiger partial charge in [0.15, 0.2) is 0 Å². The first kappa shape index (κ1) is 20.2. The highest BCUT2D eigenvalue weighted by Crippen LogP contribution is 2.35. The third-order valence-corrected chi connectivity index (χ3v) is 5.31. The van der Waals surface area contributed by atoms with Gasteiger partial charge < -0.3 is 19.8 Å². The van der Waals surface area contributed by atoms with Crippen LogP contribution >= 0.6 is 0 Å². The molecular formula is C22H19F3N2O3. The molecule has 0 spiro atoms. The molecule has 1 aromatic heterocycles. The van der Waals surface area contributed by atoms with Crippen molar-refractivity contribution < 1.29 is 27.5 Å². The maximum absolute atomic E-state index is 14.6. The lowest BCUT2D eigenvalue weighted by molar-refractivity contribution is -0.139. The van der Waals surface area contributed by atoms with Gasteiger partial charge in [0, 0.05) is 30.0 Å². The molecule has 2 unspecified atom stereocenters. The Morgan fingerprint density at radius 2 is 1.87 bits per heavy atom. The van der Waals surface area contributed by atoms with Gasteiger partial charge in [0.05, 0.1) is 12.1 Å². The number of hydrogen-bond donors (Lipinski definition) is 2. The molecule has 156 valence electrons. The highest BCUT2D eigenvalue weighted by Gasteiger charge is 2.27. The molecule has 0 aliphatic carbocycles. The Hall–Kier alpha value is -3.13. The summed E-state index contributed by atoms with van der Waals surface area (Å²) in [6, 6.07) is 7.08. The maximum Gasteiger partial charge on any atom is 0.323 e. The second-order valence-electron chi connectivity index (χ2n) is 7.28. The Morgan fingerprint density at radius 1 is 1.13 bits per heavy atom. The topological polar surface area (TPSA) is 71.2 Å². The number of nitrogens with one attached hydrogen (secondary N) is 2. The van der Waals surface area contributed by atoms with Crippen LogP contribution < -0.4 is 5.32 Å². The number of hydrogen-bond acceptors (Lipinski definition) is 4. The number of esters is 1. The average molecular weight is 416 g/mol. The van der Waals surface area contributed by atoms with E-state index in [2.05, 4.69) is 10.3 Å². The number of halogens is 3. The Bertz CT molecular complexity index is 1100. The highest BCUT2D eigenvalue weighted by molar-refractivity contribution is 5.92. The molecule has 1 aliphatic heterocycles. The molecule has 2 N–H and O–H groups in total. The van der Waals surface area contributed by atoms with Crippen LogP contribution in [0.15, 0.2) is 36.4 Å². The van der Waals surface area contributed by atoms with Crippen molar-refractivity contribution in [3.63, 3.8) is 0 Å². The monoisotopic (exact) mass is 416 g/mol. The maximum atomic E-state index is 14.6. The minimum Gasteiger partial charge on any atom is -0.464 e. The second kappa shape index (κ2) is 8.31. The van der Waals surface area contributed by atoms with Crippen LogP contribution in [-0.2, 0) is 20.7 Å². The van der Waals surface area contributed by atoms with Crippen LogP contribution in [0, 0.1) is 23.4 Å². The zero-order valence-corrected chi connectivity index (χ0v) is 15.9. The number of rotatable bonds is 7. The minimum atomic E-state index is -0.629. The molecule has 2 atom stereocenters. The van der Waals surface area contributed by atoms with E-state index in [0.717, 1.165) is 18.4 Å². The van der Waals surface area contributed by atoms with E-state index in [1.165, 1.54) is 24.3 Å². The predicted molar refractivity (Wildman–Crippen MR) is 104 cm³/mol. The number of ether oxygens (including phenoxy) is 1. The summed E-state index contributed by atoms with van der Waals surface area (Å²) < 4.78 is 47.3. The van der Waals surface area contributed by atoms with E-state index in [0.29, 0.717) is 29.8 Å². The third kappa shape index (κ3) is 3.82. The average Bonchev–Trinajstić information content (AvgIpc) is 3.33. The molecule has 2 aromatic carbocycles. The normalized spacial score (nSPS) is 17.3. The van der Waals surface area contributed by atoms with Crippen LogP contribution in [0.5, 0.6) is 0 Å². The molecule has 5 nitrogen and oxygen atoms in total. The first-order valence-electron chi connectivity index (χ1n) is 9.57. The summed E-state index contributed by atoms with van der Waals surface area (Å²) >= 11 is 0. The fraction of sp³-hybridized carbons (Fsp3) is 0.273. The van der Waals surface area contributed by atoms with Gasteiger partial charge in [-0.15, -0.1) is 0 Å². The van der Waals surface area contributed by atoms with Gasteiger partial charge in [-0.25, -0.2) is 13.2 Å². The molecule has 0 amide bonds. The van der Waals surface area contributed by atoms with Gasteiger partial charge in [-0.1, -0.05) is 0 Å². The van der Waals surface area contributed by atoms with Crippen LogP contribution in [0.2, 0.25) is 0 Å². The summed E-state index contributed by atoms with van der Waals surface area (Å²) in [4.78, 5) is 26.2. The van der Waals surface area contributed by atoms with Crippen LogP contribution in [0.3, 0.4) is 0 Å². The smallest absolute Gasteiger partial charge is 0.323 e. The number of aromatic nitrogens is 1. The van der Waals surface area contributed by atoms with Crippen LogP contribution in [0.4, 0.5) is 13.2 Å². The molecule has 0 saturated carbocycles. The fourth-order valence-corrected chi connectivity index (χ4v) is 3.77. The van der Waals surface area contributed by atoms with Gasteiger partial charge in [-0.3, -0.25) is 4.79 Å². The van der Waals surface area contributed by atoms with E-state index in [1.54, 1.807) is 0 Å². The summed E-state index contributed by atoms with van der Waals surface area (Å²) in [5.74, 6) is -2.66. The lowest BCUT2D eigenvalue weighted by atomic mass is 9.95. The van der Waals surface area contributed by atoms with Crippen LogP contribution in [-0.4, -0.2) is 36.4 Å². The van der Waals surface area contributed by atoms with Crippen molar-refractivity contribution in [2.75, 3.05) is 13.2 Å². The Labute approximate surface area is 170 Å². The standard InChI is InChI=1S/C22H19F3N2O3/c23-14-3-1-13(2-4-14)20-15(19-16(24)5-6-17(25)21(19)27-20)9-12(11-28)10-26-18-7-8-30-22(18)29/h1-6,11-12,18,26-27H,7-10H2. The molecule has 2 heterocycles. The van der Waals surface area contributed by atoms with E-state index in [-0.39, 0.29) is 29.8 Å². The lowest BCUT2D eigenvalue weighted by Crippen LogP contribution is -2.37. The Morgan fingerprint density at radius 3 is 2.53 bits per heavy atom. The zero-order valence-electron chi connectivity index (χ0n) is 15.9. The minimum absolute atomic E-state index is 0.0127. The van der Waals surface area contributed by atoms with Crippen molar-refractivity contribution in [2.45, 2.75) is 18.9 Å². The molecule has 1 saturated heterocycles. The van der Waals surface area contributed by atoms with Crippen molar-refractivity contribution >= 4 is 23.2 Å². The summed E-state index contributed by atoms with van der Waals surface area (Å²) in [6.07, 6.45) is 1.33. The van der Waals surface area contributed by atoms with Crippen molar-refractivity contribution in [3.05, 3.63) is 59.4 Å². The SMILES string of the molecule is O=CC(CNC1CCOC1=O)Cc1c(-c2ccc(F)cc2)[nH]c2c(F)ccc(F)c12. The van der Waals surface area contributed by atoms with E-state index in [4.69, 9.17) is 4.74 Å². The number of aldehydes is 1. The Balaban J connectivity index is 1.71. The molecule has 30 heavy (non-hydrogen) atoms. The molecule has 0 radical (unpaired) electrons. The molecule has 3 aromatic rings. The molecule has 1 aliphatic rings. The first-order valence-corrected chi connectivity index (χ1v) is 9.57. The van der Waals surface area contributed by atoms with Crippen molar-refractivity contribution in [1.82, 2.24) is 10.3 Å². The molecule has 0 bridgehead atoms. The molecule has 8 heteroatoms. The molecule has 4 rings (SSSR count). The predicted octanol–water partition coefficient (Wildman–Crippen LogP) is 3.51. The third-order valence-electron chi connectivity index (χ3n) is 5.31. The summed E-state index contributed by atoms with van der Waals surface area (Å²) in [6.45, 7) is 0.500. The van der Waals surface area contributed by atoms with Gasteiger partial charge in [0.2, 0.25) is 0 Å². The van der Waals surface area contributed by atoms with Gasteiger partial charge in [0.1, 0.15) is 29.8 Å². The summed E-state index contributed by atoms with van der Waals surface area (Å²) in [5, 5.41) is 3.06. The Kier molecular flexibility index (Phi) is 5.59. The van der Waals surface area contributed by atoms with Crippen molar-refractivity contribution in [3.8, 4) is 11.3 Å². The van der Waals surface area contributed by atoms with Crippen LogP contribution in [0.25, 0.3) is 22.2 Å². The highest BCUT2D eigenvalue weighted by atomic mass is 19.1.